The van der Waals surface area contributed by atoms with Crippen molar-refractivity contribution in [3.05, 3.63) is 75.1 Å². The maximum absolute atomic E-state index is 13.0. The Morgan fingerprint density at radius 2 is 1.79 bits per heavy atom. The van der Waals surface area contributed by atoms with E-state index in [1.54, 1.807) is 28.8 Å². The van der Waals surface area contributed by atoms with Crippen LogP contribution in [0.3, 0.4) is 0 Å². The zero-order valence-electron chi connectivity index (χ0n) is 19.1. The summed E-state index contributed by atoms with van der Waals surface area (Å²) >= 11 is 2.97. The summed E-state index contributed by atoms with van der Waals surface area (Å²) in [5.74, 6) is 1.37. The lowest BCUT2D eigenvalue weighted by Gasteiger charge is -2.15. The van der Waals surface area contributed by atoms with Gasteiger partial charge in [-0.2, -0.15) is 0 Å². The summed E-state index contributed by atoms with van der Waals surface area (Å²) in [4.78, 5) is 32.6. The number of carbonyl (C=O) groups is 1. The highest BCUT2D eigenvalue weighted by Gasteiger charge is 2.18. The number of hydrogen-bond acceptors (Lipinski definition) is 8. The normalized spacial score (nSPS) is 10.8. The minimum Gasteiger partial charge on any atom is -0.493 e. The Hall–Kier alpha value is -3.50. The molecule has 1 N–H and O–H groups in total. The zero-order chi connectivity index (χ0) is 24.2. The van der Waals surface area contributed by atoms with Gasteiger partial charge in [0.15, 0.2) is 16.5 Å². The summed E-state index contributed by atoms with van der Waals surface area (Å²) < 4.78 is 17.6. The number of aryl methyl sites for hydroxylation is 1. The number of nitrogens with zero attached hydrogens (tertiary/aromatic N) is 2. The number of nitrogens with one attached hydrogen (secondary N) is 1. The quantitative estimate of drug-likeness (QED) is 0.355. The lowest BCUT2D eigenvalue weighted by Crippen LogP contribution is -2.13. The minimum atomic E-state index is -0.320. The van der Waals surface area contributed by atoms with Crippen molar-refractivity contribution in [1.29, 1.82) is 0 Å². The predicted molar refractivity (Wildman–Crippen MR) is 134 cm³/mol. The number of thiazole rings is 1. The zero-order valence-corrected chi connectivity index (χ0v) is 20.7. The highest BCUT2D eigenvalue weighted by molar-refractivity contribution is 7.98. The number of fused-ring (bicyclic) bond motifs is 1. The van der Waals surface area contributed by atoms with E-state index < -0.39 is 0 Å². The second-order valence-corrected chi connectivity index (χ2v) is 9.46. The molecule has 2 aromatic carbocycles. The van der Waals surface area contributed by atoms with Gasteiger partial charge in [0, 0.05) is 33.4 Å². The largest absolute Gasteiger partial charge is 0.493 e. The maximum atomic E-state index is 13.0. The van der Waals surface area contributed by atoms with Crippen LogP contribution in [0.5, 0.6) is 17.2 Å². The molecule has 34 heavy (non-hydrogen) atoms. The van der Waals surface area contributed by atoms with Gasteiger partial charge in [-0.1, -0.05) is 12.1 Å². The van der Waals surface area contributed by atoms with Gasteiger partial charge in [0.1, 0.15) is 0 Å². The second kappa shape index (κ2) is 10.2. The van der Waals surface area contributed by atoms with E-state index in [2.05, 4.69) is 10.3 Å². The summed E-state index contributed by atoms with van der Waals surface area (Å²) in [5.41, 5.74) is 1.59. The van der Waals surface area contributed by atoms with Gasteiger partial charge >= 0.3 is 0 Å². The van der Waals surface area contributed by atoms with Gasteiger partial charge in [-0.25, -0.2) is 4.98 Å². The van der Waals surface area contributed by atoms with Crippen molar-refractivity contribution in [1.82, 2.24) is 9.38 Å². The maximum Gasteiger partial charge on any atom is 0.258 e. The third-order valence-corrected chi connectivity index (χ3v) is 6.98. The van der Waals surface area contributed by atoms with Crippen molar-refractivity contribution in [2.45, 2.75) is 17.6 Å². The van der Waals surface area contributed by atoms with Crippen molar-refractivity contribution >= 4 is 39.7 Å². The molecule has 176 valence electrons. The van der Waals surface area contributed by atoms with Crippen molar-refractivity contribution in [2.75, 3.05) is 26.6 Å². The number of carbonyl (C=O) groups excluding carboxylic acids is 1. The summed E-state index contributed by atoms with van der Waals surface area (Å²) in [6.07, 6.45) is 1.79. The van der Waals surface area contributed by atoms with Gasteiger partial charge in [0.05, 0.1) is 32.7 Å². The van der Waals surface area contributed by atoms with Crippen molar-refractivity contribution in [3.63, 3.8) is 0 Å². The fraction of sp³-hybridized carbons (Fsp3) is 0.208. The Bertz CT molecular complexity index is 1390. The van der Waals surface area contributed by atoms with Gasteiger partial charge in [-0.05, 0) is 31.2 Å². The fourth-order valence-corrected chi connectivity index (χ4v) is 5.14. The summed E-state index contributed by atoms with van der Waals surface area (Å²) in [7, 11) is 4.51. The average molecular weight is 498 g/mol. The van der Waals surface area contributed by atoms with E-state index in [4.69, 9.17) is 14.2 Å². The molecular formula is C24H23N3O5S2. The molecular weight excluding hydrogens is 474 g/mol. The molecule has 0 unspecified atom stereocenters. The topological polar surface area (TPSA) is 91.2 Å². The molecule has 0 fully saturated rings. The first kappa shape index (κ1) is 23.7. The fourth-order valence-electron chi connectivity index (χ4n) is 3.39. The third kappa shape index (κ3) is 4.87. The molecule has 0 spiro atoms. The van der Waals surface area contributed by atoms with Gasteiger partial charge < -0.3 is 19.5 Å². The number of amides is 1. The minimum absolute atomic E-state index is 0.103. The molecule has 2 aromatic heterocycles. The van der Waals surface area contributed by atoms with Crippen molar-refractivity contribution in [3.8, 4) is 17.2 Å². The Labute approximate surface area is 204 Å². The van der Waals surface area contributed by atoms with Crippen LogP contribution in [-0.4, -0.2) is 36.6 Å². The smallest absolute Gasteiger partial charge is 0.258 e. The Morgan fingerprint density at radius 3 is 2.47 bits per heavy atom. The van der Waals surface area contributed by atoms with Crippen LogP contribution in [0.25, 0.3) is 4.96 Å². The van der Waals surface area contributed by atoms with Gasteiger partial charge in [0.25, 0.3) is 11.5 Å². The van der Waals surface area contributed by atoms with E-state index in [9.17, 15) is 9.59 Å². The van der Waals surface area contributed by atoms with Crippen molar-refractivity contribution < 1.29 is 19.0 Å². The monoisotopic (exact) mass is 497 g/mol. The summed E-state index contributed by atoms with van der Waals surface area (Å²) in [5, 5.41) is 2.95. The molecule has 0 aliphatic carbocycles. The van der Waals surface area contributed by atoms with E-state index in [1.165, 1.54) is 44.4 Å². The molecule has 1 amide bonds. The summed E-state index contributed by atoms with van der Waals surface area (Å²) in [6, 6.07) is 12.2. The molecule has 0 radical (unpaired) electrons. The highest BCUT2D eigenvalue weighted by atomic mass is 32.2. The third-order valence-electron chi connectivity index (χ3n) is 4.97. The Morgan fingerprint density at radius 1 is 1.09 bits per heavy atom. The lowest BCUT2D eigenvalue weighted by atomic mass is 10.1. The molecule has 0 saturated heterocycles. The standard InChI is InChI=1S/C24H23N3O5S2/c1-14-12-27-21(28)11-16(25-24(27)34-14)13-33-20-8-6-5-7-17(20)26-23(29)15-9-18(30-2)22(32-4)19(10-15)31-3/h5-12H,13H2,1-4H3,(H,26,29). The number of hydrogen-bond donors (Lipinski definition) is 1. The molecule has 4 aromatic rings. The summed E-state index contributed by atoms with van der Waals surface area (Å²) in [6.45, 7) is 1.94. The van der Waals surface area contributed by atoms with Crippen LogP contribution >= 0.6 is 23.1 Å². The van der Waals surface area contributed by atoms with Gasteiger partial charge in [-0.3, -0.25) is 14.0 Å². The highest BCUT2D eigenvalue weighted by Crippen LogP contribution is 2.38. The second-order valence-electron chi connectivity index (χ2n) is 7.23. The van der Waals surface area contributed by atoms with Gasteiger partial charge in [-0.15, -0.1) is 23.1 Å². The van der Waals surface area contributed by atoms with E-state index in [0.29, 0.717) is 44.9 Å². The van der Waals surface area contributed by atoms with Crippen LogP contribution in [0.15, 0.2) is 58.4 Å². The van der Waals surface area contributed by atoms with Crippen LogP contribution in [-0.2, 0) is 5.75 Å². The molecule has 0 aliphatic rings. The van der Waals surface area contributed by atoms with Crippen LogP contribution in [0.1, 0.15) is 20.9 Å². The van der Waals surface area contributed by atoms with Crippen LogP contribution in [0.2, 0.25) is 0 Å². The number of rotatable bonds is 8. The van der Waals surface area contributed by atoms with Crippen LogP contribution in [0.4, 0.5) is 5.69 Å². The molecule has 4 rings (SSSR count). The first-order chi connectivity index (χ1) is 16.4. The van der Waals surface area contributed by atoms with E-state index >= 15 is 0 Å². The average Bonchev–Trinajstić information content (AvgIpc) is 3.23. The van der Waals surface area contributed by atoms with E-state index in [0.717, 1.165) is 9.77 Å². The van der Waals surface area contributed by atoms with E-state index in [1.807, 2.05) is 31.2 Å². The molecule has 0 bridgehead atoms. The Balaban J connectivity index is 1.55. The molecule has 10 heteroatoms. The van der Waals surface area contributed by atoms with Crippen LogP contribution in [0, 0.1) is 6.92 Å². The lowest BCUT2D eigenvalue weighted by molar-refractivity contribution is 0.102. The Kier molecular flexibility index (Phi) is 7.09. The van der Waals surface area contributed by atoms with Crippen molar-refractivity contribution in [2.24, 2.45) is 0 Å². The first-order valence-electron chi connectivity index (χ1n) is 10.3. The molecule has 0 aliphatic heterocycles. The van der Waals surface area contributed by atoms with Crippen LogP contribution < -0.4 is 25.1 Å². The number of benzene rings is 2. The molecule has 0 atom stereocenters. The molecule has 2 heterocycles. The number of ether oxygens (including phenoxy) is 3. The first-order valence-corrected chi connectivity index (χ1v) is 12.1. The SMILES string of the molecule is COc1cc(C(=O)Nc2ccccc2SCc2cc(=O)n3cc(C)sc3n2)cc(OC)c1OC. The van der Waals surface area contributed by atoms with E-state index in [-0.39, 0.29) is 11.5 Å². The number of thioether (sulfide) groups is 1. The number of para-hydroxylation sites is 1. The molecule has 0 saturated carbocycles. The number of aromatic nitrogens is 2. The number of methoxy groups -OCH3 is 3. The predicted octanol–water partition coefficient (Wildman–Crippen LogP) is 4.63. The number of anilines is 1. The van der Waals surface area contributed by atoms with Gasteiger partial charge in [0.2, 0.25) is 5.75 Å². The molecule has 8 nitrogen and oxygen atoms in total.